The first-order valence-corrected chi connectivity index (χ1v) is 9.80. The van der Waals surface area contributed by atoms with Crippen molar-refractivity contribution in [2.45, 2.75) is 39.0 Å². The zero-order valence-electron chi connectivity index (χ0n) is 17.1. The number of nitrogens with zero attached hydrogens (tertiary/aromatic N) is 3. The maximum absolute atomic E-state index is 12.8. The molecule has 6 heteroatoms. The van der Waals surface area contributed by atoms with Crippen LogP contribution in [0.2, 0.25) is 0 Å². The fraction of sp³-hybridized carbons (Fsp3) is 0.391. The van der Waals surface area contributed by atoms with Gasteiger partial charge in [0, 0.05) is 29.0 Å². The lowest BCUT2D eigenvalue weighted by atomic mass is 9.52. The molecule has 0 saturated carbocycles. The van der Waals surface area contributed by atoms with Gasteiger partial charge in [0.25, 0.3) is 5.91 Å². The van der Waals surface area contributed by atoms with Crippen LogP contribution in [0, 0.1) is 22.7 Å². The normalized spacial score (nSPS) is 24.7. The summed E-state index contributed by atoms with van der Waals surface area (Å²) in [6.07, 6.45) is 3.30. The number of nitriles is 1. The number of Topliss-reactive ketones (excluding diaryl/α,β-unsaturated/α-hetero) is 1. The Morgan fingerprint density at radius 1 is 1.28 bits per heavy atom. The number of carbonyl (C=O) groups is 2. The fourth-order valence-corrected chi connectivity index (χ4v) is 5.15. The van der Waals surface area contributed by atoms with Gasteiger partial charge in [-0.25, -0.2) is 0 Å². The number of carbonyl (C=O) groups excluding carboxylic acids is 2. The first kappa shape index (κ1) is 19.1. The molecule has 0 bridgehead atoms. The number of rotatable bonds is 2. The molecular formula is C23H24N4O2. The van der Waals surface area contributed by atoms with E-state index >= 15 is 0 Å². The second kappa shape index (κ2) is 6.41. The molecule has 148 valence electrons. The highest BCUT2D eigenvalue weighted by Gasteiger charge is 2.55. The Morgan fingerprint density at radius 3 is 2.62 bits per heavy atom. The molecule has 1 amide bonds. The minimum absolute atomic E-state index is 0.0414. The minimum atomic E-state index is -0.642. The quantitative estimate of drug-likeness (QED) is 0.852. The summed E-state index contributed by atoms with van der Waals surface area (Å²) in [5, 5.41) is 17.3. The predicted octanol–water partition coefficient (Wildman–Crippen LogP) is 3.55. The molecule has 2 atom stereocenters. The van der Waals surface area contributed by atoms with Gasteiger partial charge < -0.3 is 5.32 Å². The van der Waals surface area contributed by atoms with Gasteiger partial charge in [0.15, 0.2) is 5.78 Å². The third-order valence-electron chi connectivity index (χ3n) is 6.60. The summed E-state index contributed by atoms with van der Waals surface area (Å²) in [4.78, 5) is 25.5. The number of aryl methyl sites for hydroxylation is 1. The predicted molar refractivity (Wildman–Crippen MR) is 109 cm³/mol. The largest absolute Gasteiger partial charge is 0.307 e. The molecule has 1 aromatic carbocycles. The Bertz CT molecular complexity index is 1090. The Balaban J connectivity index is 1.80. The van der Waals surface area contributed by atoms with Gasteiger partial charge >= 0.3 is 0 Å². The lowest BCUT2D eigenvalue weighted by Crippen LogP contribution is -2.51. The monoisotopic (exact) mass is 388 g/mol. The summed E-state index contributed by atoms with van der Waals surface area (Å²) >= 11 is 0. The van der Waals surface area contributed by atoms with Crippen LogP contribution in [0.15, 0.2) is 42.0 Å². The molecule has 1 N–H and O–H groups in total. The highest BCUT2D eigenvalue weighted by molar-refractivity contribution is 6.05. The van der Waals surface area contributed by atoms with Crippen LogP contribution in [0.3, 0.4) is 0 Å². The molecule has 0 fully saturated rings. The van der Waals surface area contributed by atoms with Gasteiger partial charge in [0.05, 0.1) is 11.3 Å². The Labute approximate surface area is 170 Å². The van der Waals surface area contributed by atoms with Crippen molar-refractivity contribution in [3.63, 3.8) is 0 Å². The second-order valence-corrected chi connectivity index (χ2v) is 8.71. The van der Waals surface area contributed by atoms with Crippen molar-refractivity contribution in [3.05, 3.63) is 58.8 Å². The molecule has 0 unspecified atom stereocenters. The Kier molecular flexibility index (Phi) is 4.23. The van der Waals surface area contributed by atoms with E-state index in [4.69, 9.17) is 5.10 Å². The van der Waals surface area contributed by atoms with Crippen LogP contribution in [0.4, 0.5) is 5.82 Å². The van der Waals surface area contributed by atoms with Gasteiger partial charge in [-0.05, 0) is 30.9 Å². The standard InChI is InChI=1S/C23H24N4O2/c1-22(2)17-11-10-16-18(23(17,3)12-15(13-24)19(22)28)26-27(4)20(16)25-21(29)14-8-6-5-7-9-14/h5-9,12,17H,10-11H2,1-4H3,(H,25,29)/t17-,23-/m0/s1. The molecule has 0 saturated heterocycles. The maximum atomic E-state index is 12.8. The van der Waals surface area contributed by atoms with Crippen molar-refractivity contribution in [1.29, 1.82) is 5.26 Å². The molecule has 2 aromatic rings. The highest BCUT2D eigenvalue weighted by Crippen LogP contribution is 2.55. The van der Waals surface area contributed by atoms with E-state index in [9.17, 15) is 14.9 Å². The number of fused-ring (bicyclic) bond motifs is 3. The van der Waals surface area contributed by atoms with Crippen molar-refractivity contribution in [3.8, 4) is 6.07 Å². The summed E-state index contributed by atoms with van der Waals surface area (Å²) in [6, 6.07) is 11.1. The molecule has 6 nitrogen and oxygen atoms in total. The molecule has 29 heavy (non-hydrogen) atoms. The van der Waals surface area contributed by atoms with E-state index in [0.29, 0.717) is 11.4 Å². The van der Waals surface area contributed by atoms with E-state index in [1.54, 1.807) is 22.9 Å². The number of allylic oxidation sites excluding steroid dienone is 2. The van der Waals surface area contributed by atoms with E-state index in [-0.39, 0.29) is 23.2 Å². The van der Waals surface area contributed by atoms with Crippen molar-refractivity contribution in [2.75, 3.05) is 5.32 Å². The lowest BCUT2D eigenvalue weighted by Gasteiger charge is -2.49. The zero-order chi connectivity index (χ0) is 21.0. The third-order valence-corrected chi connectivity index (χ3v) is 6.60. The number of hydrogen-bond donors (Lipinski definition) is 1. The summed E-state index contributed by atoms with van der Waals surface area (Å²) in [5.74, 6) is 0.436. The van der Waals surface area contributed by atoms with Crippen LogP contribution in [0.25, 0.3) is 0 Å². The average Bonchev–Trinajstić information content (AvgIpc) is 3.02. The van der Waals surface area contributed by atoms with Crippen LogP contribution in [-0.4, -0.2) is 21.5 Å². The molecular weight excluding hydrogens is 364 g/mol. The van der Waals surface area contributed by atoms with E-state index in [1.807, 2.05) is 39.1 Å². The van der Waals surface area contributed by atoms with E-state index in [0.717, 1.165) is 24.1 Å². The Morgan fingerprint density at radius 2 is 1.97 bits per heavy atom. The van der Waals surface area contributed by atoms with Crippen molar-refractivity contribution in [2.24, 2.45) is 18.4 Å². The summed E-state index contributed by atoms with van der Waals surface area (Å²) in [7, 11) is 1.81. The van der Waals surface area contributed by atoms with Gasteiger partial charge in [-0.1, -0.05) is 45.0 Å². The zero-order valence-corrected chi connectivity index (χ0v) is 17.1. The van der Waals surface area contributed by atoms with Gasteiger partial charge in [-0.2, -0.15) is 10.4 Å². The molecule has 2 aliphatic rings. The Hall–Kier alpha value is -3.20. The molecule has 1 aromatic heterocycles. The third kappa shape index (κ3) is 2.72. The minimum Gasteiger partial charge on any atom is -0.307 e. The highest BCUT2D eigenvalue weighted by atomic mass is 16.1. The van der Waals surface area contributed by atoms with Gasteiger partial charge in [-0.3, -0.25) is 14.3 Å². The fourth-order valence-electron chi connectivity index (χ4n) is 5.15. The van der Waals surface area contributed by atoms with E-state index in [1.165, 1.54) is 0 Å². The number of nitrogens with one attached hydrogen (secondary N) is 1. The van der Waals surface area contributed by atoms with Crippen LogP contribution in [0.5, 0.6) is 0 Å². The average molecular weight is 388 g/mol. The second-order valence-electron chi connectivity index (χ2n) is 8.71. The molecule has 1 heterocycles. The van der Waals surface area contributed by atoms with Gasteiger partial charge in [0.1, 0.15) is 11.9 Å². The number of amides is 1. The number of ketones is 1. The van der Waals surface area contributed by atoms with Crippen LogP contribution in [-0.2, 0) is 23.7 Å². The SMILES string of the molecule is Cn1nc2c(c1NC(=O)c1ccccc1)CC[C@H]1C(C)(C)C(=O)C(C#N)=C[C@]21C. The topological polar surface area (TPSA) is 87.8 Å². The molecule has 2 aliphatic carbocycles. The number of aromatic nitrogens is 2. The number of hydrogen-bond acceptors (Lipinski definition) is 4. The first-order valence-electron chi connectivity index (χ1n) is 9.80. The van der Waals surface area contributed by atoms with Crippen molar-refractivity contribution < 1.29 is 9.59 Å². The first-order chi connectivity index (χ1) is 13.7. The molecule has 0 spiro atoms. The van der Waals surface area contributed by atoms with E-state index in [2.05, 4.69) is 18.3 Å². The number of benzene rings is 1. The molecule has 0 aliphatic heterocycles. The van der Waals surface area contributed by atoms with Crippen molar-refractivity contribution >= 4 is 17.5 Å². The maximum Gasteiger partial charge on any atom is 0.256 e. The molecule has 4 rings (SSSR count). The van der Waals surface area contributed by atoms with Gasteiger partial charge in [0.2, 0.25) is 0 Å². The van der Waals surface area contributed by atoms with Gasteiger partial charge in [-0.15, -0.1) is 0 Å². The van der Waals surface area contributed by atoms with Crippen LogP contribution >= 0.6 is 0 Å². The van der Waals surface area contributed by atoms with E-state index < -0.39 is 10.8 Å². The molecule has 0 radical (unpaired) electrons. The van der Waals surface area contributed by atoms with Crippen LogP contribution < -0.4 is 5.32 Å². The smallest absolute Gasteiger partial charge is 0.256 e. The lowest BCUT2D eigenvalue weighted by molar-refractivity contribution is -0.128. The van der Waals surface area contributed by atoms with Crippen LogP contribution in [0.1, 0.15) is 48.8 Å². The summed E-state index contributed by atoms with van der Waals surface area (Å²) in [5.41, 5.74) is 1.42. The summed E-state index contributed by atoms with van der Waals surface area (Å²) in [6.45, 7) is 5.90. The number of anilines is 1. The summed E-state index contributed by atoms with van der Waals surface area (Å²) < 4.78 is 1.70. The van der Waals surface area contributed by atoms with Crippen molar-refractivity contribution in [1.82, 2.24) is 9.78 Å².